The molecule has 15 heavy (non-hydrogen) atoms. The number of aromatic nitrogens is 2. The van der Waals surface area contributed by atoms with Gasteiger partial charge < -0.3 is 0 Å². The summed E-state index contributed by atoms with van der Waals surface area (Å²) in [4.78, 5) is 9.26. The van der Waals surface area contributed by atoms with Gasteiger partial charge in [0.25, 0.3) is 0 Å². The molecule has 0 aliphatic rings. The highest BCUT2D eigenvalue weighted by atomic mass is 127. The summed E-state index contributed by atoms with van der Waals surface area (Å²) in [5.41, 5.74) is 0. The number of hydrogen-bond donors (Lipinski definition) is 0. The molecule has 78 valence electrons. The van der Waals surface area contributed by atoms with Gasteiger partial charge in [-0.15, -0.1) is 11.3 Å². The molecular formula is C8H2BrCl2IN2S. The monoisotopic (exact) mass is 434 g/mol. The predicted molar refractivity (Wildman–Crippen MR) is 75.8 cm³/mol. The lowest BCUT2D eigenvalue weighted by molar-refractivity contribution is 1.17. The van der Waals surface area contributed by atoms with E-state index in [-0.39, 0.29) is 0 Å². The fraction of sp³-hybridized carbons (Fsp3) is 0. The number of thiophene rings is 1. The van der Waals surface area contributed by atoms with E-state index in [2.05, 4.69) is 48.5 Å². The molecule has 2 heterocycles. The molecule has 2 aromatic rings. The van der Waals surface area contributed by atoms with E-state index in [0.717, 1.165) is 12.9 Å². The van der Waals surface area contributed by atoms with E-state index >= 15 is 0 Å². The lowest BCUT2D eigenvalue weighted by atomic mass is 10.4. The van der Waals surface area contributed by atoms with Crippen molar-refractivity contribution in [2.75, 3.05) is 0 Å². The molecule has 0 aliphatic carbocycles. The summed E-state index contributed by atoms with van der Waals surface area (Å²) in [5, 5.41) is 0.459. The van der Waals surface area contributed by atoms with Gasteiger partial charge in [0.15, 0.2) is 5.82 Å². The summed E-state index contributed by atoms with van der Waals surface area (Å²) >= 11 is 18.7. The van der Waals surface area contributed by atoms with Crippen LogP contribution in [0.2, 0.25) is 9.49 Å². The van der Waals surface area contributed by atoms with Gasteiger partial charge in [-0.2, -0.15) is 0 Å². The lowest BCUT2D eigenvalue weighted by Crippen LogP contribution is -1.89. The van der Waals surface area contributed by atoms with Crippen LogP contribution >= 0.6 is 73.1 Å². The van der Waals surface area contributed by atoms with Gasteiger partial charge in [0, 0.05) is 10.7 Å². The third kappa shape index (κ3) is 2.63. The molecule has 0 radical (unpaired) electrons. The summed E-state index contributed by atoms with van der Waals surface area (Å²) in [6, 6.07) is 1.88. The van der Waals surface area contributed by atoms with Crippen LogP contribution in [0.1, 0.15) is 0 Å². The van der Waals surface area contributed by atoms with Gasteiger partial charge >= 0.3 is 0 Å². The molecule has 0 unspecified atom stereocenters. The highest BCUT2D eigenvalue weighted by Gasteiger charge is 2.10. The topological polar surface area (TPSA) is 25.8 Å². The van der Waals surface area contributed by atoms with Crippen LogP contribution in [0.5, 0.6) is 0 Å². The molecule has 0 fully saturated rings. The van der Waals surface area contributed by atoms with Crippen LogP contribution in [0.4, 0.5) is 0 Å². The first kappa shape index (κ1) is 12.0. The van der Waals surface area contributed by atoms with E-state index in [9.17, 15) is 0 Å². The van der Waals surface area contributed by atoms with Gasteiger partial charge in [0.2, 0.25) is 0 Å². The molecular weight excluding hydrogens is 434 g/mol. The van der Waals surface area contributed by atoms with E-state index in [1.54, 1.807) is 6.20 Å². The van der Waals surface area contributed by atoms with Crippen molar-refractivity contribution in [1.29, 1.82) is 0 Å². The molecule has 2 nitrogen and oxygen atoms in total. The average molecular weight is 436 g/mol. The van der Waals surface area contributed by atoms with E-state index in [0.29, 0.717) is 15.3 Å². The average Bonchev–Trinajstić information content (AvgIpc) is 2.52. The van der Waals surface area contributed by atoms with Crippen molar-refractivity contribution in [3.8, 4) is 10.7 Å². The minimum absolute atomic E-state index is 0.459. The van der Waals surface area contributed by atoms with Crippen molar-refractivity contribution < 1.29 is 0 Å². The molecule has 0 saturated heterocycles. The standard InChI is InChI=1S/C8H2BrCl2IN2S/c9-3-1-5(15-7(3)11)8-13-2-4(12)6(10)14-8/h1-2H. The Labute approximate surface area is 122 Å². The molecule has 0 aromatic carbocycles. The van der Waals surface area contributed by atoms with Crippen molar-refractivity contribution in [1.82, 2.24) is 9.97 Å². The quantitative estimate of drug-likeness (QED) is 0.471. The third-order valence-corrected chi connectivity index (χ3v) is 5.43. The van der Waals surface area contributed by atoms with Crippen LogP contribution in [0, 0.1) is 3.57 Å². The Kier molecular flexibility index (Phi) is 3.88. The predicted octanol–water partition coefficient (Wildman–Crippen LogP) is 4.88. The Morgan fingerprint density at radius 2 is 2.13 bits per heavy atom. The van der Waals surface area contributed by atoms with E-state index in [1.807, 2.05) is 6.07 Å². The third-order valence-electron chi connectivity index (χ3n) is 1.57. The second kappa shape index (κ2) is 4.83. The first-order chi connectivity index (χ1) is 7.08. The molecule has 0 bridgehead atoms. The van der Waals surface area contributed by atoms with Crippen LogP contribution < -0.4 is 0 Å². The summed E-state index contributed by atoms with van der Waals surface area (Å²) in [5.74, 6) is 0.595. The molecule has 7 heteroatoms. The second-order valence-electron chi connectivity index (χ2n) is 2.56. The molecule has 0 spiro atoms. The minimum atomic E-state index is 0.459. The Morgan fingerprint density at radius 1 is 1.40 bits per heavy atom. The second-order valence-corrected chi connectivity index (χ2v) is 6.59. The normalized spacial score (nSPS) is 10.7. The number of hydrogen-bond acceptors (Lipinski definition) is 3. The molecule has 2 aromatic heterocycles. The highest BCUT2D eigenvalue weighted by molar-refractivity contribution is 14.1. The Hall–Kier alpha value is 0.570. The summed E-state index contributed by atoms with van der Waals surface area (Å²) in [6.07, 6.45) is 1.69. The van der Waals surface area contributed by atoms with Crippen molar-refractivity contribution >= 4 is 73.1 Å². The molecule has 0 atom stereocenters. The fourth-order valence-corrected chi connectivity index (χ4v) is 2.95. The van der Waals surface area contributed by atoms with Crippen molar-refractivity contribution in [3.63, 3.8) is 0 Å². The summed E-state index contributed by atoms with van der Waals surface area (Å²) in [7, 11) is 0. The van der Waals surface area contributed by atoms with Gasteiger partial charge in [0.1, 0.15) is 9.49 Å². The SMILES string of the molecule is Clc1nc(-c2cc(Br)c(Cl)s2)ncc1I. The first-order valence-electron chi connectivity index (χ1n) is 3.71. The first-order valence-corrected chi connectivity index (χ1v) is 7.15. The fourth-order valence-electron chi connectivity index (χ4n) is 0.922. The molecule has 0 saturated carbocycles. The highest BCUT2D eigenvalue weighted by Crippen LogP contribution is 2.36. The maximum absolute atomic E-state index is 5.93. The smallest absolute Gasteiger partial charge is 0.171 e. The Bertz CT molecular complexity index is 498. The zero-order valence-corrected chi connectivity index (χ0v) is 13.0. The molecule has 2 rings (SSSR count). The van der Waals surface area contributed by atoms with Crippen LogP contribution in [0.25, 0.3) is 10.7 Å². The van der Waals surface area contributed by atoms with Gasteiger partial charge in [0.05, 0.1) is 8.45 Å². The minimum Gasteiger partial charge on any atom is -0.235 e. The lowest BCUT2D eigenvalue weighted by Gasteiger charge is -1.97. The van der Waals surface area contributed by atoms with Gasteiger partial charge in [-0.05, 0) is 44.6 Å². The van der Waals surface area contributed by atoms with E-state index < -0.39 is 0 Å². The van der Waals surface area contributed by atoms with Crippen LogP contribution in [0.3, 0.4) is 0 Å². The largest absolute Gasteiger partial charge is 0.235 e. The van der Waals surface area contributed by atoms with E-state index in [4.69, 9.17) is 23.2 Å². The number of rotatable bonds is 1. The van der Waals surface area contributed by atoms with Gasteiger partial charge in [-0.3, -0.25) is 0 Å². The molecule has 0 aliphatic heterocycles. The molecule has 0 N–H and O–H groups in total. The van der Waals surface area contributed by atoms with Crippen molar-refractivity contribution in [2.24, 2.45) is 0 Å². The van der Waals surface area contributed by atoms with Crippen molar-refractivity contribution in [3.05, 3.63) is 29.8 Å². The molecule has 0 amide bonds. The van der Waals surface area contributed by atoms with Crippen molar-refractivity contribution in [2.45, 2.75) is 0 Å². The summed E-state index contributed by atoms with van der Waals surface area (Å²) < 4.78 is 2.37. The van der Waals surface area contributed by atoms with Crippen LogP contribution in [-0.2, 0) is 0 Å². The van der Waals surface area contributed by atoms with Crippen LogP contribution in [-0.4, -0.2) is 9.97 Å². The number of nitrogens with zero attached hydrogens (tertiary/aromatic N) is 2. The zero-order valence-electron chi connectivity index (χ0n) is 6.97. The maximum atomic E-state index is 5.93. The Morgan fingerprint density at radius 3 is 2.67 bits per heavy atom. The van der Waals surface area contributed by atoms with Gasteiger partial charge in [-0.1, -0.05) is 23.2 Å². The van der Waals surface area contributed by atoms with Crippen LogP contribution in [0.15, 0.2) is 16.7 Å². The maximum Gasteiger partial charge on any atom is 0.171 e. The van der Waals surface area contributed by atoms with Gasteiger partial charge in [-0.25, -0.2) is 9.97 Å². The number of halogens is 4. The van der Waals surface area contributed by atoms with E-state index in [1.165, 1.54) is 11.3 Å². The Balaban J connectivity index is 2.49. The summed E-state index contributed by atoms with van der Waals surface area (Å²) in [6.45, 7) is 0. The zero-order chi connectivity index (χ0) is 11.0.